The summed E-state index contributed by atoms with van der Waals surface area (Å²) in [6, 6.07) is 7.94. The van der Waals surface area contributed by atoms with Gasteiger partial charge in [-0.2, -0.15) is 6.42 Å². The molecule has 0 radical (unpaired) electrons. The van der Waals surface area contributed by atoms with Crippen molar-refractivity contribution in [1.29, 1.82) is 0 Å². The number of rotatable bonds is 10. The molecule has 0 saturated carbocycles. The number of aromatic nitrogens is 2. The van der Waals surface area contributed by atoms with Gasteiger partial charge in [-0.3, -0.25) is 9.59 Å². The predicted molar refractivity (Wildman–Crippen MR) is 202 cm³/mol. The Bertz CT molecular complexity index is 950. The molecule has 0 aromatic carbocycles. The molecule has 2 aromatic heterocycles. The van der Waals surface area contributed by atoms with Gasteiger partial charge in [-0.25, -0.2) is 9.97 Å². The van der Waals surface area contributed by atoms with E-state index in [1.807, 2.05) is 25.2 Å². The van der Waals surface area contributed by atoms with Gasteiger partial charge in [0.15, 0.2) is 6.29 Å². The Balaban J connectivity index is -0.000000236. The van der Waals surface area contributed by atoms with Crippen molar-refractivity contribution in [2.24, 2.45) is 0 Å². The molecule has 1 amide bonds. The average Bonchev–Trinajstić information content (AvgIpc) is 2.93. The van der Waals surface area contributed by atoms with E-state index in [-0.39, 0.29) is 18.9 Å². The number of hydrogen-bond acceptors (Lipinski definition) is 7. The molecule has 0 aliphatic rings. The van der Waals surface area contributed by atoms with Crippen molar-refractivity contribution in [3.63, 3.8) is 0 Å². The minimum atomic E-state index is -1.46. The van der Waals surface area contributed by atoms with Crippen LogP contribution in [0.5, 0.6) is 11.8 Å². The standard InChI is InChI=1S/C10H14INO2Si.C9H15NOSi.C4H10N2O.C4H9.I2.Li/c1-14-10-7(6-13)8(11)5-9(12-10)15(2,3)4;1-11-8-6-5-7-9(10-8)12(2,3)4;1-5-2-3-6-4-7;1-3-4-2;1-2;/h5-6H,1-4H3;5-7H,1-4H3;4-5H,2-3H2,1H3,(H,6,7);1,3-4H2,2H3;;/q;;;-1;;+1. The summed E-state index contributed by atoms with van der Waals surface area (Å²) in [5.41, 5.74) is 0.542. The minimum Gasteiger partial charge on any atom is -0.481 e. The Labute approximate surface area is 300 Å². The molecule has 2 rings (SSSR count). The second kappa shape index (κ2) is 29.0. The third kappa shape index (κ3) is 24.3. The van der Waals surface area contributed by atoms with Gasteiger partial charge in [0.2, 0.25) is 18.2 Å². The first-order valence-corrected chi connectivity index (χ1v) is 27.1. The molecular formula is C27H48I3LiN4O4Si2. The van der Waals surface area contributed by atoms with Gasteiger partial charge in [-0.1, -0.05) is 58.7 Å². The van der Waals surface area contributed by atoms with Crippen molar-refractivity contribution in [2.75, 3.05) is 34.4 Å². The largest absolute Gasteiger partial charge is 1.00 e. The maximum absolute atomic E-state index is 10.9. The topological polar surface area (TPSA) is 102 Å². The van der Waals surface area contributed by atoms with Crippen molar-refractivity contribution in [2.45, 2.75) is 59.0 Å². The van der Waals surface area contributed by atoms with Crippen molar-refractivity contribution in [3.8, 4) is 11.8 Å². The van der Waals surface area contributed by atoms with Gasteiger partial charge in [0, 0.05) is 70.6 Å². The number of ether oxygens (including phenoxy) is 2. The number of likely N-dealkylation sites (N-methyl/N-ethyl adjacent to an activating group) is 1. The van der Waals surface area contributed by atoms with Gasteiger partial charge >= 0.3 is 18.9 Å². The summed E-state index contributed by atoms with van der Waals surface area (Å²) < 4.78 is 11.1. The summed E-state index contributed by atoms with van der Waals surface area (Å²) in [4.78, 5) is 29.2. The Morgan fingerprint density at radius 3 is 1.85 bits per heavy atom. The number of pyridine rings is 2. The Morgan fingerprint density at radius 1 is 0.951 bits per heavy atom. The van der Waals surface area contributed by atoms with Crippen LogP contribution >= 0.6 is 59.8 Å². The number of halogens is 3. The van der Waals surface area contributed by atoms with E-state index in [1.54, 1.807) is 14.2 Å². The number of nitrogens with one attached hydrogen (secondary N) is 2. The first-order valence-electron chi connectivity index (χ1n) is 12.7. The molecule has 41 heavy (non-hydrogen) atoms. The normalized spacial score (nSPS) is 9.71. The van der Waals surface area contributed by atoms with Gasteiger partial charge in [0.25, 0.3) is 0 Å². The van der Waals surface area contributed by atoms with E-state index >= 15 is 0 Å². The maximum Gasteiger partial charge on any atom is 1.00 e. The maximum atomic E-state index is 10.9. The number of unbranched alkanes of at least 4 members (excludes halogenated alkanes) is 1. The van der Waals surface area contributed by atoms with E-state index in [4.69, 9.17) is 9.47 Å². The van der Waals surface area contributed by atoms with Crippen LogP contribution in [-0.2, 0) is 4.79 Å². The summed E-state index contributed by atoms with van der Waals surface area (Å²) in [5, 5.41) is 7.65. The molecule has 8 nitrogen and oxygen atoms in total. The fourth-order valence-electron chi connectivity index (χ4n) is 2.35. The molecule has 0 aliphatic carbocycles. The molecular weight excluding hydrogens is 888 g/mol. The number of carbonyl (C=O) groups excluding carboxylic acids is 2. The van der Waals surface area contributed by atoms with Gasteiger partial charge in [0.1, 0.15) is 16.1 Å². The molecule has 0 fully saturated rings. The molecule has 0 atom stereocenters. The molecule has 0 unspecified atom stereocenters. The van der Waals surface area contributed by atoms with E-state index in [2.05, 4.69) is 140 Å². The van der Waals surface area contributed by atoms with Gasteiger partial charge in [-0.15, -0.1) is 0 Å². The van der Waals surface area contributed by atoms with Crippen LogP contribution in [0.2, 0.25) is 39.3 Å². The molecule has 2 N–H and O–H groups in total. The zero-order valence-corrected chi connectivity index (χ0v) is 35.1. The number of methoxy groups -OCH3 is 2. The molecule has 0 bridgehead atoms. The summed E-state index contributed by atoms with van der Waals surface area (Å²) in [6.45, 7) is 20.7. The van der Waals surface area contributed by atoms with E-state index in [0.29, 0.717) is 24.4 Å². The smallest absolute Gasteiger partial charge is 0.481 e. The van der Waals surface area contributed by atoms with Crippen LogP contribution < -0.4 is 49.6 Å². The van der Waals surface area contributed by atoms with Crippen molar-refractivity contribution >= 4 is 99.3 Å². The second-order valence-corrected chi connectivity index (χ2v) is 21.3. The van der Waals surface area contributed by atoms with Crippen LogP contribution in [0.25, 0.3) is 0 Å². The zero-order chi connectivity index (χ0) is 31.8. The number of nitrogens with zero attached hydrogens (tertiary/aromatic N) is 2. The molecule has 0 spiro atoms. The second-order valence-electron chi connectivity index (χ2n) is 10.1. The number of hydrogen-bond donors (Lipinski definition) is 2. The summed E-state index contributed by atoms with van der Waals surface area (Å²) >= 11 is 6.39. The third-order valence-corrected chi connectivity index (χ3v) is 9.21. The molecule has 14 heteroatoms. The number of carbonyl (C=O) groups is 2. The van der Waals surface area contributed by atoms with Crippen LogP contribution in [0.1, 0.15) is 30.1 Å². The van der Waals surface area contributed by atoms with Crippen LogP contribution in [0, 0.1) is 10.5 Å². The van der Waals surface area contributed by atoms with E-state index < -0.39 is 16.1 Å². The van der Waals surface area contributed by atoms with Gasteiger partial charge in [-0.05, 0) is 41.8 Å². The summed E-state index contributed by atoms with van der Waals surface area (Å²) in [6.07, 6.45) is 3.76. The molecule has 2 heterocycles. The van der Waals surface area contributed by atoms with Crippen LogP contribution in [0.15, 0.2) is 24.3 Å². The quantitative estimate of drug-likeness (QED) is 0.124. The zero-order valence-electron chi connectivity index (χ0n) is 26.7. The van der Waals surface area contributed by atoms with Gasteiger partial charge < -0.3 is 27.0 Å². The first-order chi connectivity index (χ1) is 18.8. The SMILES string of the molecule is CNCCNC=O.COc1cccc([Si](C)(C)C)n1.COc1nc([Si](C)(C)C)cc(I)c1C=O.II.[CH2-]CCC.[Li+]. The fraction of sp³-hybridized carbons (Fsp3) is 0.519. The van der Waals surface area contributed by atoms with Crippen LogP contribution in [-0.4, -0.2) is 73.2 Å². The summed E-state index contributed by atoms with van der Waals surface area (Å²) in [7, 11) is 2.30. The minimum absolute atomic E-state index is 0. The van der Waals surface area contributed by atoms with Crippen LogP contribution in [0.3, 0.4) is 0 Å². The Kier molecular flexibility index (Phi) is 34.0. The molecule has 0 saturated heterocycles. The average molecular weight is 937 g/mol. The number of aldehydes is 1. The molecule has 2 aromatic rings. The van der Waals surface area contributed by atoms with E-state index in [9.17, 15) is 9.59 Å². The molecule has 0 aliphatic heterocycles. The first kappa shape index (κ1) is 48.1. The van der Waals surface area contributed by atoms with Crippen LogP contribution in [0.4, 0.5) is 0 Å². The van der Waals surface area contributed by atoms with Gasteiger partial charge in [0.05, 0.1) is 19.8 Å². The Hall–Kier alpha value is 0.221. The monoisotopic (exact) mass is 936 g/mol. The molecule has 230 valence electrons. The summed E-state index contributed by atoms with van der Waals surface area (Å²) in [5.74, 6) is 1.16. The van der Waals surface area contributed by atoms with Crippen molar-refractivity contribution in [1.82, 2.24) is 20.6 Å². The van der Waals surface area contributed by atoms with E-state index in [0.717, 1.165) is 34.0 Å². The van der Waals surface area contributed by atoms with Crippen molar-refractivity contribution in [3.05, 3.63) is 40.3 Å². The Morgan fingerprint density at radius 2 is 1.49 bits per heavy atom. The van der Waals surface area contributed by atoms with Crippen molar-refractivity contribution < 1.29 is 37.9 Å². The number of amides is 1. The fourth-order valence-corrected chi connectivity index (χ4v) is 5.35. The van der Waals surface area contributed by atoms with E-state index in [1.165, 1.54) is 11.7 Å². The predicted octanol–water partition coefficient (Wildman–Crippen LogP) is 3.04. The third-order valence-electron chi connectivity index (χ3n) is 4.71.